The number of nitrogens with zero attached hydrogens (tertiary/aromatic N) is 2. The summed E-state index contributed by atoms with van der Waals surface area (Å²) in [5.74, 6) is -0.0135. The Morgan fingerprint density at radius 2 is 1.78 bits per heavy atom. The van der Waals surface area contributed by atoms with Crippen LogP contribution in [0.25, 0.3) is 0 Å². The number of aryl methyl sites for hydroxylation is 3. The van der Waals surface area contributed by atoms with Gasteiger partial charge in [-0.25, -0.2) is 13.4 Å². The minimum atomic E-state index is -3.38. The fourth-order valence-corrected chi connectivity index (χ4v) is 3.54. The van der Waals surface area contributed by atoms with Crippen molar-refractivity contribution in [2.45, 2.75) is 24.8 Å². The average molecular weight is 264 g/mol. The van der Waals surface area contributed by atoms with Gasteiger partial charge in [-0.2, -0.15) is 0 Å². The third kappa shape index (κ3) is 2.61. The van der Waals surface area contributed by atoms with Crippen LogP contribution in [-0.2, 0) is 22.6 Å². The molecule has 0 atom stereocenters. The van der Waals surface area contributed by atoms with Crippen molar-refractivity contribution in [3.8, 4) is 0 Å². The molecule has 0 spiro atoms. The molecule has 5 heteroatoms. The summed E-state index contributed by atoms with van der Waals surface area (Å²) in [4.78, 5) is 3.90. The van der Waals surface area contributed by atoms with Crippen molar-refractivity contribution in [1.82, 2.24) is 9.55 Å². The predicted octanol–water partition coefficient (Wildman–Crippen LogP) is 2.01. The summed E-state index contributed by atoms with van der Waals surface area (Å²) >= 11 is 0. The van der Waals surface area contributed by atoms with E-state index in [1.807, 2.05) is 32.0 Å². The lowest BCUT2D eigenvalue weighted by atomic mass is 10.1. The number of rotatable bonds is 3. The standard InChI is InChI=1S/C13H16N2O2S/c1-10-6-11(2)8-12(7-10)9-18(16,17)13-14-4-5-15(13)3/h4-8H,9H2,1-3H3. The van der Waals surface area contributed by atoms with Crippen LogP contribution in [0, 0.1) is 13.8 Å². The van der Waals surface area contributed by atoms with Crippen LogP contribution in [0.3, 0.4) is 0 Å². The second-order valence-electron chi connectivity index (χ2n) is 4.58. The number of imidazole rings is 1. The van der Waals surface area contributed by atoms with Crippen LogP contribution in [0.15, 0.2) is 35.7 Å². The Morgan fingerprint density at radius 3 is 2.28 bits per heavy atom. The summed E-state index contributed by atoms with van der Waals surface area (Å²) in [7, 11) is -1.70. The second-order valence-corrected chi connectivity index (χ2v) is 6.46. The second kappa shape index (κ2) is 4.57. The predicted molar refractivity (Wildman–Crippen MR) is 70.0 cm³/mol. The van der Waals surface area contributed by atoms with E-state index in [2.05, 4.69) is 4.98 Å². The van der Waals surface area contributed by atoms with Crippen LogP contribution in [0.1, 0.15) is 16.7 Å². The van der Waals surface area contributed by atoms with E-state index in [4.69, 9.17) is 0 Å². The summed E-state index contributed by atoms with van der Waals surface area (Å²) in [6.45, 7) is 3.92. The molecule has 0 radical (unpaired) electrons. The smallest absolute Gasteiger partial charge is 0.227 e. The minimum absolute atomic E-state index is 0.0135. The van der Waals surface area contributed by atoms with Gasteiger partial charge >= 0.3 is 0 Å². The Hall–Kier alpha value is -1.62. The number of hydrogen-bond acceptors (Lipinski definition) is 3. The van der Waals surface area contributed by atoms with Gasteiger partial charge in [-0.3, -0.25) is 0 Å². The molecule has 0 N–H and O–H groups in total. The van der Waals surface area contributed by atoms with Crippen LogP contribution < -0.4 is 0 Å². The zero-order chi connectivity index (χ0) is 13.3. The van der Waals surface area contributed by atoms with Gasteiger partial charge in [0.15, 0.2) is 0 Å². The van der Waals surface area contributed by atoms with E-state index < -0.39 is 9.84 Å². The third-order valence-electron chi connectivity index (χ3n) is 2.69. The topological polar surface area (TPSA) is 52.0 Å². The lowest BCUT2D eigenvalue weighted by molar-refractivity contribution is 0.578. The molecule has 0 unspecified atom stereocenters. The highest BCUT2D eigenvalue weighted by atomic mass is 32.2. The Morgan fingerprint density at radius 1 is 1.17 bits per heavy atom. The van der Waals surface area contributed by atoms with Crippen molar-refractivity contribution in [2.75, 3.05) is 0 Å². The molecule has 2 aromatic rings. The molecule has 2 rings (SSSR count). The Labute approximate surface area is 107 Å². The van der Waals surface area contributed by atoms with Gasteiger partial charge in [-0.05, 0) is 19.4 Å². The van der Waals surface area contributed by atoms with Gasteiger partial charge < -0.3 is 4.57 Å². The van der Waals surface area contributed by atoms with Gasteiger partial charge in [0.05, 0.1) is 5.75 Å². The summed E-state index contributed by atoms with van der Waals surface area (Å²) in [5, 5.41) is 0.113. The SMILES string of the molecule is Cc1cc(C)cc(CS(=O)(=O)c2nccn2C)c1. The fourth-order valence-electron chi connectivity index (χ4n) is 2.09. The van der Waals surface area contributed by atoms with Crippen molar-refractivity contribution in [1.29, 1.82) is 0 Å². The van der Waals surface area contributed by atoms with Crippen molar-refractivity contribution < 1.29 is 8.42 Å². The van der Waals surface area contributed by atoms with E-state index in [0.717, 1.165) is 16.7 Å². The van der Waals surface area contributed by atoms with Crippen molar-refractivity contribution in [3.05, 3.63) is 47.3 Å². The molecule has 0 aliphatic carbocycles. The number of benzene rings is 1. The first-order valence-corrected chi connectivity index (χ1v) is 7.31. The van der Waals surface area contributed by atoms with E-state index >= 15 is 0 Å². The average Bonchev–Trinajstić information content (AvgIpc) is 2.62. The van der Waals surface area contributed by atoms with Crippen LogP contribution >= 0.6 is 0 Å². The van der Waals surface area contributed by atoms with Gasteiger partial charge in [-0.1, -0.05) is 29.3 Å². The largest absolute Gasteiger partial charge is 0.325 e. The highest BCUT2D eigenvalue weighted by Crippen LogP contribution is 2.16. The molecule has 0 saturated carbocycles. The molecular formula is C13H16N2O2S. The molecule has 0 aliphatic heterocycles. The van der Waals surface area contributed by atoms with Gasteiger partial charge in [0.25, 0.3) is 0 Å². The van der Waals surface area contributed by atoms with Gasteiger partial charge in [0, 0.05) is 19.4 Å². The van der Waals surface area contributed by atoms with Gasteiger partial charge in [0.1, 0.15) is 0 Å². The summed E-state index contributed by atoms with van der Waals surface area (Å²) in [5.41, 5.74) is 2.94. The lowest BCUT2D eigenvalue weighted by Crippen LogP contribution is -2.11. The van der Waals surface area contributed by atoms with Crippen LogP contribution in [0.5, 0.6) is 0 Å². The summed E-state index contributed by atoms with van der Waals surface area (Å²) in [6.07, 6.45) is 3.13. The van der Waals surface area contributed by atoms with Crippen molar-refractivity contribution >= 4 is 9.84 Å². The first-order valence-electron chi connectivity index (χ1n) is 5.66. The molecular weight excluding hydrogens is 248 g/mol. The van der Waals surface area contributed by atoms with E-state index in [0.29, 0.717) is 0 Å². The number of sulfone groups is 1. The molecule has 1 heterocycles. The molecule has 18 heavy (non-hydrogen) atoms. The van der Waals surface area contributed by atoms with Crippen LogP contribution in [0.2, 0.25) is 0 Å². The molecule has 0 saturated heterocycles. The van der Waals surface area contributed by atoms with E-state index in [1.165, 1.54) is 10.8 Å². The Bertz CT molecular complexity index is 652. The molecule has 0 aliphatic rings. The molecule has 0 fully saturated rings. The molecule has 0 amide bonds. The third-order valence-corrected chi connectivity index (χ3v) is 4.36. The first-order chi connectivity index (χ1) is 8.38. The lowest BCUT2D eigenvalue weighted by Gasteiger charge is -2.06. The van der Waals surface area contributed by atoms with E-state index in [-0.39, 0.29) is 10.9 Å². The maximum Gasteiger partial charge on any atom is 0.227 e. The van der Waals surface area contributed by atoms with Crippen LogP contribution in [0.4, 0.5) is 0 Å². The molecule has 96 valence electrons. The highest BCUT2D eigenvalue weighted by Gasteiger charge is 2.20. The molecule has 0 bridgehead atoms. The van der Waals surface area contributed by atoms with Crippen molar-refractivity contribution in [2.24, 2.45) is 7.05 Å². The Kier molecular flexibility index (Phi) is 3.26. The number of aromatic nitrogens is 2. The van der Waals surface area contributed by atoms with Gasteiger partial charge in [-0.15, -0.1) is 0 Å². The summed E-state index contributed by atoms with van der Waals surface area (Å²) < 4.78 is 26.0. The first kappa shape index (κ1) is 12.8. The zero-order valence-electron chi connectivity index (χ0n) is 10.7. The minimum Gasteiger partial charge on any atom is -0.325 e. The maximum atomic E-state index is 12.2. The summed E-state index contributed by atoms with van der Waals surface area (Å²) in [6, 6.07) is 5.82. The quantitative estimate of drug-likeness (QED) is 0.852. The molecule has 4 nitrogen and oxygen atoms in total. The molecule has 1 aromatic carbocycles. The van der Waals surface area contributed by atoms with Crippen LogP contribution in [-0.4, -0.2) is 18.0 Å². The zero-order valence-corrected chi connectivity index (χ0v) is 11.5. The normalized spacial score (nSPS) is 11.7. The highest BCUT2D eigenvalue weighted by molar-refractivity contribution is 7.90. The van der Waals surface area contributed by atoms with Crippen molar-refractivity contribution in [3.63, 3.8) is 0 Å². The fraction of sp³-hybridized carbons (Fsp3) is 0.308. The monoisotopic (exact) mass is 264 g/mol. The van der Waals surface area contributed by atoms with E-state index in [9.17, 15) is 8.42 Å². The van der Waals surface area contributed by atoms with E-state index in [1.54, 1.807) is 13.2 Å². The Balaban J connectivity index is 2.37. The number of hydrogen-bond donors (Lipinski definition) is 0. The molecule has 1 aromatic heterocycles. The maximum absolute atomic E-state index is 12.2. The van der Waals surface area contributed by atoms with Gasteiger partial charge in [0.2, 0.25) is 15.0 Å².